The third-order valence-electron chi connectivity index (χ3n) is 2.56. The number of hydrogen-bond donors (Lipinski definition) is 1. The van der Waals surface area contributed by atoms with E-state index < -0.39 is 5.97 Å². The predicted molar refractivity (Wildman–Crippen MR) is 71.1 cm³/mol. The van der Waals surface area contributed by atoms with E-state index in [9.17, 15) is 4.79 Å². The van der Waals surface area contributed by atoms with Gasteiger partial charge in [0.2, 0.25) is 0 Å². The fraction of sp³-hybridized carbons (Fsp3) is 0.231. The number of methoxy groups -OCH3 is 2. The number of carbonyl (C=O) groups excluding carboxylic acids is 1. The van der Waals surface area contributed by atoms with Crippen LogP contribution >= 0.6 is 0 Å². The summed E-state index contributed by atoms with van der Waals surface area (Å²) in [6.07, 6.45) is 1.58. The minimum atomic E-state index is -0.481. The average Bonchev–Trinajstić information content (AvgIpc) is 2.67. The molecule has 0 saturated carbocycles. The molecule has 0 radical (unpaired) electrons. The summed E-state index contributed by atoms with van der Waals surface area (Å²) in [5.41, 5.74) is 7.18. The molecular weight excluding hydrogens is 248 g/mol. The molecule has 1 aliphatic rings. The largest absolute Gasteiger partial charge is 0.493 e. The fourth-order valence-corrected chi connectivity index (χ4v) is 1.77. The summed E-state index contributed by atoms with van der Waals surface area (Å²) < 4.78 is 15.2. The Balaban J connectivity index is 2.45. The van der Waals surface area contributed by atoms with E-state index in [0.717, 1.165) is 0 Å². The number of nitrogens with zero attached hydrogens (tertiary/aromatic N) is 1. The topological polar surface area (TPSA) is 83.1 Å². The molecule has 1 aromatic carbocycles. The van der Waals surface area contributed by atoms with E-state index >= 15 is 0 Å². The molecule has 0 spiro atoms. The van der Waals surface area contributed by atoms with Crippen molar-refractivity contribution in [3.05, 3.63) is 23.4 Å². The van der Waals surface area contributed by atoms with Gasteiger partial charge in [0.15, 0.2) is 23.1 Å². The highest BCUT2D eigenvalue weighted by Gasteiger charge is 2.20. The molecule has 6 heteroatoms. The summed E-state index contributed by atoms with van der Waals surface area (Å²) in [6, 6.07) is 3.38. The zero-order valence-electron chi connectivity index (χ0n) is 10.9. The molecule has 0 atom stereocenters. The number of aliphatic imine (C=N–C) groups is 1. The van der Waals surface area contributed by atoms with Crippen LogP contribution in [0.25, 0.3) is 6.08 Å². The fourth-order valence-electron chi connectivity index (χ4n) is 1.77. The van der Waals surface area contributed by atoms with Gasteiger partial charge in [-0.1, -0.05) is 0 Å². The maximum Gasteiger partial charge on any atom is 0.363 e. The number of nitrogen functional groups attached to an aromatic ring is 1. The minimum absolute atomic E-state index is 0.226. The lowest BCUT2D eigenvalue weighted by Gasteiger charge is -2.11. The van der Waals surface area contributed by atoms with Crippen molar-refractivity contribution in [2.24, 2.45) is 4.99 Å². The molecule has 2 rings (SSSR count). The van der Waals surface area contributed by atoms with Crippen molar-refractivity contribution >= 4 is 23.6 Å². The number of anilines is 1. The molecule has 0 unspecified atom stereocenters. The summed E-state index contributed by atoms with van der Waals surface area (Å²) in [6.45, 7) is 1.61. The first kappa shape index (κ1) is 12.9. The lowest BCUT2D eigenvalue weighted by atomic mass is 10.1. The number of benzene rings is 1. The van der Waals surface area contributed by atoms with E-state index in [1.165, 1.54) is 14.2 Å². The standard InChI is InChI=1S/C13H14N2O4/c1-7-15-10(13(16)19-7)5-8-4-9(14)12(18-3)11(6-8)17-2/h4-6H,14H2,1-3H3/b10-5-. The first-order valence-corrected chi connectivity index (χ1v) is 5.56. The van der Waals surface area contributed by atoms with Crippen molar-refractivity contribution in [2.75, 3.05) is 20.0 Å². The number of ether oxygens (including phenoxy) is 3. The third-order valence-corrected chi connectivity index (χ3v) is 2.56. The highest BCUT2D eigenvalue weighted by molar-refractivity contribution is 6.06. The van der Waals surface area contributed by atoms with Gasteiger partial charge in [-0.15, -0.1) is 0 Å². The molecule has 0 aromatic heterocycles. The normalized spacial score (nSPS) is 16.3. The number of hydrogen-bond acceptors (Lipinski definition) is 6. The molecule has 1 heterocycles. The van der Waals surface area contributed by atoms with E-state index in [4.69, 9.17) is 19.9 Å². The maximum absolute atomic E-state index is 11.5. The lowest BCUT2D eigenvalue weighted by Crippen LogP contribution is -2.00. The Kier molecular flexibility index (Phi) is 3.41. The summed E-state index contributed by atoms with van der Waals surface area (Å²) in [5, 5.41) is 0. The molecule has 19 heavy (non-hydrogen) atoms. The average molecular weight is 262 g/mol. The van der Waals surface area contributed by atoms with Gasteiger partial charge in [0.25, 0.3) is 0 Å². The Bertz CT molecular complexity index is 591. The Morgan fingerprint density at radius 3 is 2.58 bits per heavy atom. The van der Waals surface area contributed by atoms with Crippen LogP contribution in [-0.4, -0.2) is 26.1 Å². The van der Waals surface area contributed by atoms with Gasteiger partial charge < -0.3 is 19.9 Å². The van der Waals surface area contributed by atoms with Crippen molar-refractivity contribution in [2.45, 2.75) is 6.92 Å². The van der Waals surface area contributed by atoms with E-state index in [-0.39, 0.29) is 5.70 Å². The quantitative estimate of drug-likeness (QED) is 0.508. The van der Waals surface area contributed by atoms with Crippen molar-refractivity contribution in [1.82, 2.24) is 0 Å². The molecule has 0 amide bonds. The zero-order valence-corrected chi connectivity index (χ0v) is 10.9. The first-order chi connectivity index (χ1) is 9.05. The summed E-state index contributed by atoms with van der Waals surface area (Å²) in [5.74, 6) is 0.787. The van der Waals surface area contributed by atoms with Crippen molar-refractivity contribution < 1.29 is 19.0 Å². The Labute approximate surface area is 110 Å². The summed E-state index contributed by atoms with van der Waals surface area (Å²) >= 11 is 0. The Morgan fingerprint density at radius 1 is 1.32 bits per heavy atom. The summed E-state index contributed by atoms with van der Waals surface area (Å²) in [7, 11) is 3.02. The molecule has 0 aliphatic carbocycles. The van der Waals surface area contributed by atoms with Crippen LogP contribution in [-0.2, 0) is 9.53 Å². The van der Waals surface area contributed by atoms with Crippen LogP contribution < -0.4 is 15.2 Å². The number of rotatable bonds is 3. The molecule has 6 nitrogen and oxygen atoms in total. The van der Waals surface area contributed by atoms with Crippen LogP contribution in [0, 0.1) is 0 Å². The van der Waals surface area contributed by atoms with E-state index in [2.05, 4.69) is 4.99 Å². The SMILES string of the molecule is COc1cc(/C=C2\N=C(C)OC2=O)cc(N)c1OC. The molecule has 0 bridgehead atoms. The number of esters is 1. The van der Waals surface area contributed by atoms with Gasteiger partial charge in [0, 0.05) is 6.92 Å². The Morgan fingerprint density at radius 2 is 2.05 bits per heavy atom. The maximum atomic E-state index is 11.5. The molecule has 0 saturated heterocycles. The molecule has 1 aromatic rings. The van der Waals surface area contributed by atoms with Crippen LogP contribution in [0.5, 0.6) is 11.5 Å². The summed E-state index contributed by atoms with van der Waals surface area (Å²) in [4.78, 5) is 15.4. The molecular formula is C13H14N2O4. The third kappa shape index (κ3) is 2.52. The number of carbonyl (C=O) groups is 1. The zero-order chi connectivity index (χ0) is 14.0. The molecule has 1 aliphatic heterocycles. The lowest BCUT2D eigenvalue weighted by molar-refractivity contribution is -0.130. The van der Waals surface area contributed by atoms with Crippen molar-refractivity contribution in [3.8, 4) is 11.5 Å². The van der Waals surface area contributed by atoms with Gasteiger partial charge in [-0.25, -0.2) is 9.79 Å². The molecule has 100 valence electrons. The van der Waals surface area contributed by atoms with Crippen LogP contribution in [0.3, 0.4) is 0 Å². The molecule has 0 fully saturated rings. The number of cyclic esters (lactones) is 1. The van der Waals surface area contributed by atoms with Crippen LogP contribution in [0.4, 0.5) is 5.69 Å². The van der Waals surface area contributed by atoms with Gasteiger partial charge in [0.05, 0.1) is 19.9 Å². The predicted octanol–water partition coefficient (Wildman–Crippen LogP) is 1.60. The first-order valence-electron chi connectivity index (χ1n) is 5.56. The Hall–Kier alpha value is -2.50. The van der Waals surface area contributed by atoms with Gasteiger partial charge in [-0.05, 0) is 23.8 Å². The van der Waals surface area contributed by atoms with Gasteiger partial charge in [-0.2, -0.15) is 0 Å². The second kappa shape index (κ2) is 5.01. The highest BCUT2D eigenvalue weighted by atomic mass is 16.6. The second-order valence-corrected chi connectivity index (χ2v) is 3.90. The van der Waals surface area contributed by atoms with Gasteiger partial charge in [0.1, 0.15) is 0 Å². The molecule has 2 N–H and O–H groups in total. The van der Waals surface area contributed by atoms with Gasteiger partial charge >= 0.3 is 5.97 Å². The van der Waals surface area contributed by atoms with Crippen molar-refractivity contribution in [1.29, 1.82) is 0 Å². The smallest absolute Gasteiger partial charge is 0.363 e. The monoisotopic (exact) mass is 262 g/mol. The van der Waals surface area contributed by atoms with Gasteiger partial charge in [-0.3, -0.25) is 0 Å². The van der Waals surface area contributed by atoms with E-state index in [0.29, 0.717) is 28.6 Å². The van der Waals surface area contributed by atoms with Crippen LogP contribution in [0.1, 0.15) is 12.5 Å². The van der Waals surface area contributed by atoms with Crippen LogP contribution in [0.2, 0.25) is 0 Å². The van der Waals surface area contributed by atoms with E-state index in [1.54, 1.807) is 25.1 Å². The van der Waals surface area contributed by atoms with Crippen molar-refractivity contribution in [3.63, 3.8) is 0 Å². The minimum Gasteiger partial charge on any atom is -0.493 e. The van der Waals surface area contributed by atoms with E-state index in [1.807, 2.05) is 0 Å². The highest BCUT2D eigenvalue weighted by Crippen LogP contribution is 2.35. The second-order valence-electron chi connectivity index (χ2n) is 3.90. The number of nitrogens with two attached hydrogens (primary N) is 1. The van der Waals surface area contributed by atoms with Crippen LogP contribution in [0.15, 0.2) is 22.8 Å².